The first-order chi connectivity index (χ1) is 10.4. The maximum absolute atomic E-state index is 13.7. The summed E-state index contributed by atoms with van der Waals surface area (Å²) in [4.78, 5) is 13.4. The normalized spacial score (nSPS) is 21.5. The number of benzene rings is 1. The van der Waals surface area contributed by atoms with Gasteiger partial charge in [-0.25, -0.2) is 13.6 Å². The zero-order chi connectivity index (χ0) is 16.3. The zero-order valence-electron chi connectivity index (χ0n) is 12.3. The van der Waals surface area contributed by atoms with Crippen molar-refractivity contribution in [2.75, 3.05) is 18.9 Å². The summed E-state index contributed by atoms with van der Waals surface area (Å²) >= 11 is 5.54. The maximum atomic E-state index is 13.7. The molecule has 1 aromatic rings. The van der Waals surface area contributed by atoms with Crippen LogP contribution in [0, 0.1) is 17.6 Å². The Morgan fingerprint density at radius 3 is 2.55 bits per heavy atom. The van der Waals surface area contributed by atoms with Crippen LogP contribution in [0.2, 0.25) is 5.02 Å². The van der Waals surface area contributed by atoms with Crippen molar-refractivity contribution in [1.82, 2.24) is 4.90 Å². The first kappa shape index (κ1) is 17.0. The number of carbonyl (C=O) groups excluding carboxylic acids is 1. The number of anilines is 1. The smallest absolute Gasteiger partial charge is 0.321 e. The zero-order valence-corrected chi connectivity index (χ0v) is 13.0. The van der Waals surface area contributed by atoms with Gasteiger partial charge in [0.15, 0.2) is 11.6 Å². The number of amides is 2. The minimum atomic E-state index is -0.926. The van der Waals surface area contributed by atoms with Crippen LogP contribution in [-0.2, 0) is 0 Å². The molecule has 0 aliphatic heterocycles. The van der Waals surface area contributed by atoms with E-state index >= 15 is 0 Å². The van der Waals surface area contributed by atoms with E-state index < -0.39 is 29.5 Å². The molecule has 1 saturated carbocycles. The van der Waals surface area contributed by atoms with E-state index in [4.69, 9.17) is 11.6 Å². The number of urea groups is 1. The van der Waals surface area contributed by atoms with Crippen LogP contribution in [0.1, 0.15) is 25.7 Å². The van der Waals surface area contributed by atoms with E-state index in [2.05, 4.69) is 5.32 Å². The Hall–Kier alpha value is -1.40. The second kappa shape index (κ2) is 7.24. The van der Waals surface area contributed by atoms with Crippen LogP contribution in [0.3, 0.4) is 0 Å². The number of rotatable bonds is 3. The molecule has 1 aliphatic rings. The largest absolute Gasteiger partial charge is 0.393 e. The van der Waals surface area contributed by atoms with Gasteiger partial charge in [0.2, 0.25) is 0 Å². The highest BCUT2D eigenvalue weighted by Crippen LogP contribution is 2.26. The fourth-order valence-electron chi connectivity index (χ4n) is 2.70. The highest BCUT2D eigenvalue weighted by atomic mass is 35.5. The van der Waals surface area contributed by atoms with Gasteiger partial charge in [0.25, 0.3) is 0 Å². The number of carbonyl (C=O) groups is 1. The first-order valence-electron chi connectivity index (χ1n) is 7.23. The molecule has 1 aliphatic carbocycles. The lowest BCUT2D eigenvalue weighted by molar-refractivity contribution is 0.0575. The lowest BCUT2D eigenvalue weighted by atomic mass is 9.86. The SMILES string of the molecule is CN(CC1CCCCC1O)C(=O)Nc1c(F)cc(Cl)cc1F. The van der Waals surface area contributed by atoms with Crippen LogP contribution in [0.4, 0.5) is 19.3 Å². The van der Waals surface area contributed by atoms with Gasteiger partial charge in [-0.3, -0.25) is 0 Å². The third-order valence-electron chi connectivity index (χ3n) is 3.96. The predicted octanol–water partition coefficient (Wildman–Crippen LogP) is 3.63. The van der Waals surface area contributed by atoms with Crippen molar-refractivity contribution in [3.8, 4) is 0 Å². The molecule has 1 fully saturated rings. The van der Waals surface area contributed by atoms with Gasteiger partial charge in [0.05, 0.1) is 6.10 Å². The molecule has 0 heterocycles. The summed E-state index contributed by atoms with van der Waals surface area (Å²) in [5.41, 5.74) is -0.523. The molecule has 2 unspecified atom stereocenters. The molecule has 122 valence electrons. The number of nitrogens with zero attached hydrogens (tertiary/aromatic N) is 1. The Kier molecular flexibility index (Phi) is 5.58. The average molecular weight is 333 g/mol. The average Bonchev–Trinajstić information content (AvgIpc) is 2.45. The monoisotopic (exact) mass is 332 g/mol. The van der Waals surface area contributed by atoms with Gasteiger partial charge < -0.3 is 15.3 Å². The summed E-state index contributed by atoms with van der Waals surface area (Å²) < 4.78 is 27.3. The van der Waals surface area contributed by atoms with Crippen LogP contribution >= 0.6 is 11.6 Å². The summed E-state index contributed by atoms with van der Waals surface area (Å²) in [5, 5.41) is 12.0. The van der Waals surface area contributed by atoms with Crippen LogP contribution in [0.25, 0.3) is 0 Å². The topological polar surface area (TPSA) is 52.6 Å². The molecule has 0 spiro atoms. The van der Waals surface area contributed by atoms with E-state index in [1.807, 2.05) is 0 Å². The number of nitrogens with one attached hydrogen (secondary N) is 1. The van der Waals surface area contributed by atoms with Gasteiger partial charge in [-0.1, -0.05) is 24.4 Å². The summed E-state index contributed by atoms with van der Waals surface area (Å²) in [5.74, 6) is -1.86. The van der Waals surface area contributed by atoms with E-state index in [1.165, 1.54) is 11.9 Å². The van der Waals surface area contributed by atoms with Gasteiger partial charge in [-0.2, -0.15) is 0 Å². The third kappa shape index (κ3) is 4.08. The molecule has 0 radical (unpaired) electrons. The third-order valence-corrected chi connectivity index (χ3v) is 4.18. The fourth-order valence-corrected chi connectivity index (χ4v) is 2.89. The van der Waals surface area contributed by atoms with E-state index in [0.29, 0.717) is 6.54 Å². The van der Waals surface area contributed by atoms with E-state index in [9.17, 15) is 18.7 Å². The predicted molar refractivity (Wildman–Crippen MR) is 81.0 cm³/mol. The summed E-state index contributed by atoms with van der Waals surface area (Å²) in [6.07, 6.45) is 3.11. The number of hydrogen-bond acceptors (Lipinski definition) is 2. The standard InChI is InChI=1S/C15H19ClF2N2O2/c1-20(8-9-4-2-3-5-13(9)21)15(22)19-14-11(17)6-10(16)7-12(14)18/h6-7,9,13,21H,2-5,8H2,1H3,(H,19,22). The number of halogens is 3. The van der Waals surface area contributed by atoms with Crippen LogP contribution in [-0.4, -0.2) is 35.7 Å². The Morgan fingerprint density at radius 2 is 1.95 bits per heavy atom. The number of hydrogen-bond donors (Lipinski definition) is 2. The fraction of sp³-hybridized carbons (Fsp3) is 0.533. The molecule has 4 nitrogen and oxygen atoms in total. The molecule has 0 saturated heterocycles. The van der Waals surface area contributed by atoms with Crippen molar-refractivity contribution in [3.63, 3.8) is 0 Å². The Balaban J connectivity index is 1.99. The summed E-state index contributed by atoms with van der Waals surface area (Å²) in [7, 11) is 1.53. The summed E-state index contributed by atoms with van der Waals surface area (Å²) in [6.45, 7) is 0.337. The van der Waals surface area contributed by atoms with E-state index in [1.54, 1.807) is 0 Å². The van der Waals surface area contributed by atoms with Gasteiger partial charge >= 0.3 is 6.03 Å². The van der Waals surface area contributed by atoms with Crippen molar-refractivity contribution in [3.05, 3.63) is 28.8 Å². The van der Waals surface area contributed by atoms with E-state index in [0.717, 1.165) is 37.8 Å². The van der Waals surface area contributed by atoms with Gasteiger partial charge in [0, 0.05) is 24.5 Å². The van der Waals surface area contributed by atoms with Crippen LogP contribution in [0.5, 0.6) is 0 Å². The Bertz CT molecular complexity index is 533. The van der Waals surface area contributed by atoms with Gasteiger partial charge in [-0.05, 0) is 25.0 Å². The van der Waals surface area contributed by atoms with Crippen LogP contribution in [0.15, 0.2) is 12.1 Å². The first-order valence-corrected chi connectivity index (χ1v) is 7.61. The molecular formula is C15H19ClF2N2O2. The molecule has 2 amide bonds. The van der Waals surface area contributed by atoms with Crippen molar-refractivity contribution < 1.29 is 18.7 Å². The quantitative estimate of drug-likeness (QED) is 0.888. The highest BCUT2D eigenvalue weighted by Gasteiger charge is 2.26. The molecule has 7 heteroatoms. The molecule has 1 aromatic carbocycles. The van der Waals surface area contributed by atoms with E-state index in [-0.39, 0.29) is 10.9 Å². The highest BCUT2D eigenvalue weighted by molar-refractivity contribution is 6.30. The van der Waals surface area contributed by atoms with Gasteiger partial charge in [0.1, 0.15) is 5.69 Å². The minimum Gasteiger partial charge on any atom is -0.393 e. The van der Waals surface area contributed by atoms with Crippen molar-refractivity contribution in [1.29, 1.82) is 0 Å². The van der Waals surface area contributed by atoms with Crippen molar-refractivity contribution in [2.45, 2.75) is 31.8 Å². The summed E-state index contributed by atoms with van der Waals surface area (Å²) in [6, 6.07) is 1.24. The molecule has 0 bridgehead atoms. The van der Waals surface area contributed by atoms with Crippen molar-refractivity contribution in [2.24, 2.45) is 5.92 Å². The van der Waals surface area contributed by atoms with Crippen LogP contribution < -0.4 is 5.32 Å². The maximum Gasteiger partial charge on any atom is 0.321 e. The van der Waals surface area contributed by atoms with Gasteiger partial charge in [-0.15, -0.1) is 0 Å². The van der Waals surface area contributed by atoms with Crippen molar-refractivity contribution >= 4 is 23.3 Å². The lowest BCUT2D eigenvalue weighted by Crippen LogP contribution is -2.40. The molecule has 2 N–H and O–H groups in total. The molecule has 0 aromatic heterocycles. The number of aliphatic hydroxyl groups excluding tert-OH is 1. The Labute approximate surface area is 133 Å². The number of aliphatic hydroxyl groups is 1. The molecule has 2 rings (SSSR count). The molecular weight excluding hydrogens is 314 g/mol. The Morgan fingerprint density at radius 1 is 1.36 bits per heavy atom. The second-order valence-electron chi connectivity index (χ2n) is 5.67. The minimum absolute atomic E-state index is 0.00980. The lowest BCUT2D eigenvalue weighted by Gasteiger charge is -2.31. The second-order valence-corrected chi connectivity index (χ2v) is 6.10. The molecule has 2 atom stereocenters. The molecule has 22 heavy (non-hydrogen) atoms.